The van der Waals surface area contributed by atoms with Crippen LogP contribution in [0.2, 0.25) is 5.02 Å². The summed E-state index contributed by atoms with van der Waals surface area (Å²) in [5.41, 5.74) is 0.486. The molecule has 65 heavy (non-hydrogen) atoms. The number of piperazine rings is 2. The molecular formula is C46H63ClN8O10. The molecule has 2 amide bonds. The van der Waals surface area contributed by atoms with Crippen molar-refractivity contribution in [3.63, 3.8) is 0 Å². The number of benzene rings is 2. The normalized spacial score (nSPS) is 14.4. The van der Waals surface area contributed by atoms with Gasteiger partial charge < -0.3 is 48.0 Å². The number of amides is 2. The van der Waals surface area contributed by atoms with E-state index in [1.165, 1.54) is 9.36 Å². The van der Waals surface area contributed by atoms with Crippen LogP contribution < -0.4 is 30.4 Å². The van der Waals surface area contributed by atoms with Crippen LogP contribution in [-0.2, 0) is 18.9 Å². The molecule has 2 aromatic heterocycles. The highest BCUT2D eigenvalue weighted by Crippen LogP contribution is 2.33. The molecule has 2 saturated heterocycles. The SMILES string of the molecule is CCOCCOc1nn(-c2ccccc2)c(=O)c(Cl)c1N1CCN(C(=O)OC(C)(C)C)CC1.CCOCCOc1nn(-c2ccccc2)c(=O)cc1N1CCN(C(=O)OC(C)(C)C)CC1. The van der Waals surface area contributed by atoms with Gasteiger partial charge >= 0.3 is 12.2 Å². The van der Waals surface area contributed by atoms with Gasteiger partial charge in [0, 0.05) is 71.6 Å². The van der Waals surface area contributed by atoms with Crippen LogP contribution in [0.25, 0.3) is 11.4 Å². The van der Waals surface area contributed by atoms with Gasteiger partial charge in [0.15, 0.2) is 0 Å². The largest absolute Gasteiger partial charge is 0.473 e. The number of carbonyl (C=O) groups is 2. The van der Waals surface area contributed by atoms with Gasteiger partial charge in [-0.2, -0.15) is 9.36 Å². The maximum atomic E-state index is 13.1. The first-order valence-corrected chi connectivity index (χ1v) is 22.3. The molecule has 0 N–H and O–H groups in total. The third kappa shape index (κ3) is 14.6. The Morgan fingerprint density at radius 1 is 0.600 bits per heavy atom. The van der Waals surface area contributed by atoms with Crippen LogP contribution in [0, 0.1) is 0 Å². The Balaban J connectivity index is 0.000000244. The highest BCUT2D eigenvalue weighted by molar-refractivity contribution is 6.33. The lowest BCUT2D eigenvalue weighted by atomic mass is 10.2. The zero-order valence-corrected chi connectivity index (χ0v) is 39.5. The van der Waals surface area contributed by atoms with Gasteiger partial charge in [-0.3, -0.25) is 9.59 Å². The number of nitrogens with zero attached hydrogens (tertiary/aromatic N) is 8. The second-order valence-corrected chi connectivity index (χ2v) is 17.3. The summed E-state index contributed by atoms with van der Waals surface area (Å²) in [7, 11) is 0. The molecule has 2 aliphatic rings. The minimum Gasteiger partial charge on any atom is -0.473 e. The van der Waals surface area contributed by atoms with Gasteiger partial charge in [-0.25, -0.2) is 9.59 Å². The van der Waals surface area contributed by atoms with E-state index in [2.05, 4.69) is 10.2 Å². The van der Waals surface area contributed by atoms with Crippen molar-refractivity contribution in [1.29, 1.82) is 0 Å². The van der Waals surface area contributed by atoms with E-state index < -0.39 is 16.8 Å². The zero-order chi connectivity index (χ0) is 47.1. The van der Waals surface area contributed by atoms with Crippen LogP contribution in [0.3, 0.4) is 0 Å². The molecule has 0 bridgehead atoms. The minimum absolute atomic E-state index is 0.0194. The predicted octanol–water partition coefficient (Wildman–Crippen LogP) is 6.06. The van der Waals surface area contributed by atoms with Crippen LogP contribution in [-0.4, -0.2) is 145 Å². The number of ether oxygens (including phenoxy) is 6. The van der Waals surface area contributed by atoms with Gasteiger partial charge in [-0.1, -0.05) is 48.0 Å². The van der Waals surface area contributed by atoms with Gasteiger partial charge in [0.25, 0.3) is 22.9 Å². The van der Waals surface area contributed by atoms with Crippen molar-refractivity contribution in [3.05, 3.63) is 92.5 Å². The molecule has 18 nitrogen and oxygen atoms in total. The summed E-state index contributed by atoms with van der Waals surface area (Å²) in [6.07, 6.45) is -0.693. The molecule has 2 aliphatic heterocycles. The predicted molar refractivity (Wildman–Crippen MR) is 249 cm³/mol. The number of aromatic nitrogens is 4. The maximum absolute atomic E-state index is 13.1. The lowest BCUT2D eigenvalue weighted by Crippen LogP contribution is -2.50. The fourth-order valence-corrected chi connectivity index (χ4v) is 6.96. The van der Waals surface area contributed by atoms with Gasteiger partial charge in [0.05, 0.1) is 24.6 Å². The molecule has 4 heterocycles. The van der Waals surface area contributed by atoms with E-state index in [9.17, 15) is 19.2 Å². The third-order valence-electron chi connectivity index (χ3n) is 9.72. The Morgan fingerprint density at radius 3 is 1.49 bits per heavy atom. The molecule has 2 fully saturated rings. The van der Waals surface area contributed by atoms with E-state index in [4.69, 9.17) is 40.0 Å². The molecule has 6 rings (SSSR count). The number of hydrogen-bond donors (Lipinski definition) is 0. The fraction of sp³-hybridized carbons (Fsp3) is 0.522. The standard InChI is InChI=1S/C23H31ClN4O5.C23H32N4O5/c1-5-31-15-16-32-20-19(18(24)21(29)28(25-20)17-9-7-6-8-10-17)26-11-13-27(14-12-26)22(30)33-23(2,3)4;1-5-30-15-16-31-21-19(17-20(28)27(24-21)18-9-7-6-8-10-18)25-11-13-26(14-12-25)22(29)32-23(2,3)4/h6-10H,5,11-16H2,1-4H3;6-10,17H,5,11-16H2,1-4H3. The molecule has 0 atom stereocenters. The van der Waals surface area contributed by atoms with Crippen molar-refractivity contribution in [1.82, 2.24) is 29.4 Å². The first-order chi connectivity index (χ1) is 31.0. The molecule has 0 saturated carbocycles. The van der Waals surface area contributed by atoms with Gasteiger partial charge in [-0.15, -0.1) is 10.2 Å². The molecule has 0 spiro atoms. The van der Waals surface area contributed by atoms with E-state index in [0.29, 0.717) is 114 Å². The molecule has 0 radical (unpaired) electrons. The van der Waals surface area contributed by atoms with Crippen LogP contribution >= 0.6 is 11.6 Å². The van der Waals surface area contributed by atoms with E-state index in [0.717, 1.165) is 0 Å². The summed E-state index contributed by atoms with van der Waals surface area (Å²) >= 11 is 6.58. The Labute approximate surface area is 385 Å². The molecule has 354 valence electrons. The van der Waals surface area contributed by atoms with E-state index in [1.807, 2.05) is 114 Å². The van der Waals surface area contributed by atoms with Gasteiger partial charge in [0.1, 0.15) is 40.8 Å². The lowest BCUT2D eigenvalue weighted by Gasteiger charge is -2.37. The molecule has 2 aromatic carbocycles. The van der Waals surface area contributed by atoms with Crippen LogP contribution in [0.15, 0.2) is 76.3 Å². The summed E-state index contributed by atoms with van der Waals surface area (Å²) in [6.45, 7) is 21.2. The van der Waals surface area contributed by atoms with Crippen molar-refractivity contribution in [3.8, 4) is 23.1 Å². The Kier molecular flexibility index (Phi) is 18.0. The van der Waals surface area contributed by atoms with Crippen LogP contribution in [0.5, 0.6) is 11.8 Å². The first kappa shape index (κ1) is 50.2. The smallest absolute Gasteiger partial charge is 0.410 e. The molecule has 19 heteroatoms. The molecular weight excluding hydrogens is 860 g/mol. The fourth-order valence-electron chi connectivity index (χ4n) is 6.68. The number of halogens is 1. The van der Waals surface area contributed by atoms with Crippen molar-refractivity contribution in [2.24, 2.45) is 0 Å². The van der Waals surface area contributed by atoms with Crippen molar-refractivity contribution < 1.29 is 38.0 Å². The van der Waals surface area contributed by atoms with Crippen LogP contribution in [0.1, 0.15) is 55.4 Å². The summed E-state index contributed by atoms with van der Waals surface area (Å²) in [4.78, 5) is 57.9. The number of anilines is 2. The maximum Gasteiger partial charge on any atom is 0.410 e. The van der Waals surface area contributed by atoms with Crippen molar-refractivity contribution in [2.75, 3.05) is 102 Å². The molecule has 4 aromatic rings. The Hall–Kier alpha value is -5.85. The second kappa shape index (κ2) is 23.4. The van der Waals surface area contributed by atoms with E-state index >= 15 is 0 Å². The van der Waals surface area contributed by atoms with E-state index in [-0.39, 0.29) is 35.3 Å². The number of para-hydroxylation sites is 2. The van der Waals surface area contributed by atoms with Gasteiger partial charge in [0.2, 0.25) is 0 Å². The third-order valence-corrected chi connectivity index (χ3v) is 10.1. The minimum atomic E-state index is -0.565. The van der Waals surface area contributed by atoms with Crippen molar-refractivity contribution in [2.45, 2.75) is 66.6 Å². The zero-order valence-electron chi connectivity index (χ0n) is 38.8. The highest BCUT2D eigenvalue weighted by Gasteiger charge is 2.31. The topological polar surface area (TPSA) is 172 Å². The van der Waals surface area contributed by atoms with Crippen molar-refractivity contribution >= 4 is 35.2 Å². The second-order valence-electron chi connectivity index (χ2n) is 16.9. The number of carbonyl (C=O) groups excluding carboxylic acids is 2. The summed E-state index contributed by atoms with van der Waals surface area (Å²) in [6, 6.07) is 19.8. The molecule has 0 aliphatic carbocycles. The lowest BCUT2D eigenvalue weighted by molar-refractivity contribution is 0.0230. The average molecular weight is 924 g/mol. The summed E-state index contributed by atoms with van der Waals surface area (Å²) in [5.74, 6) is 0.604. The van der Waals surface area contributed by atoms with Crippen LogP contribution in [0.4, 0.5) is 21.0 Å². The van der Waals surface area contributed by atoms with E-state index in [1.54, 1.807) is 28.0 Å². The monoisotopic (exact) mass is 922 g/mol. The average Bonchev–Trinajstić information content (AvgIpc) is 3.28. The summed E-state index contributed by atoms with van der Waals surface area (Å²) in [5, 5.41) is 8.99. The number of hydrogen-bond acceptors (Lipinski definition) is 14. The first-order valence-electron chi connectivity index (χ1n) is 21.9. The van der Waals surface area contributed by atoms with Gasteiger partial charge in [-0.05, 0) is 79.7 Å². The number of rotatable bonds is 14. The Morgan fingerprint density at radius 2 is 1.03 bits per heavy atom. The quantitative estimate of drug-likeness (QED) is 0.134. The molecule has 0 unspecified atom stereocenters. The summed E-state index contributed by atoms with van der Waals surface area (Å²) < 4.78 is 36.0. The highest BCUT2D eigenvalue weighted by atomic mass is 35.5. The Bertz CT molecular complexity index is 2270.